The highest BCUT2D eigenvalue weighted by Crippen LogP contribution is 2.23. The van der Waals surface area contributed by atoms with Crippen molar-refractivity contribution in [1.82, 2.24) is 4.98 Å². The van der Waals surface area contributed by atoms with Gasteiger partial charge in [-0.2, -0.15) is 0 Å². The van der Waals surface area contributed by atoms with Crippen LogP contribution in [-0.2, 0) is 11.2 Å². The summed E-state index contributed by atoms with van der Waals surface area (Å²) in [6.07, 6.45) is 3.29. The van der Waals surface area contributed by atoms with Gasteiger partial charge in [-0.25, -0.2) is 9.18 Å². The molecule has 142 valence electrons. The van der Waals surface area contributed by atoms with Crippen LogP contribution in [0.15, 0.2) is 60.9 Å². The molecule has 3 aromatic rings. The van der Waals surface area contributed by atoms with E-state index >= 15 is 0 Å². The fraction of sp³-hybridized carbons (Fsp3) is 0.0952. The van der Waals surface area contributed by atoms with Crippen LogP contribution in [-0.4, -0.2) is 22.0 Å². The summed E-state index contributed by atoms with van der Waals surface area (Å²) in [6, 6.07) is 13.0. The summed E-state index contributed by atoms with van der Waals surface area (Å²) in [5.74, 6) is -1.90. The van der Waals surface area contributed by atoms with Crippen LogP contribution in [0.25, 0.3) is 11.1 Å². The number of nitrogens with one attached hydrogen (secondary N) is 1. The van der Waals surface area contributed by atoms with Crippen LogP contribution in [0, 0.1) is 5.82 Å². The van der Waals surface area contributed by atoms with Gasteiger partial charge in [0.1, 0.15) is 5.82 Å². The van der Waals surface area contributed by atoms with E-state index in [1.165, 1.54) is 24.3 Å². The number of anilines is 1. The quantitative estimate of drug-likeness (QED) is 0.624. The minimum Gasteiger partial charge on any atom is -0.478 e. The Bertz CT molecular complexity index is 1040. The molecule has 28 heavy (non-hydrogen) atoms. The number of carboxylic acid groups (broad SMARTS) is 1. The fourth-order valence-corrected chi connectivity index (χ4v) is 2.93. The monoisotopic (exact) mass is 398 g/mol. The average molecular weight is 399 g/mol. The van der Waals surface area contributed by atoms with E-state index in [9.17, 15) is 19.1 Å². The molecule has 0 radical (unpaired) electrons. The minimum atomic E-state index is -1.15. The second-order valence-corrected chi connectivity index (χ2v) is 6.57. The average Bonchev–Trinajstić information content (AvgIpc) is 2.66. The summed E-state index contributed by atoms with van der Waals surface area (Å²) in [6.45, 7) is 0. The van der Waals surface area contributed by atoms with Crippen molar-refractivity contribution < 1.29 is 19.1 Å². The first-order valence-corrected chi connectivity index (χ1v) is 8.83. The molecule has 2 aromatic carbocycles. The summed E-state index contributed by atoms with van der Waals surface area (Å²) < 4.78 is 13.4. The van der Waals surface area contributed by atoms with Crippen molar-refractivity contribution in [1.29, 1.82) is 0 Å². The number of amides is 1. The van der Waals surface area contributed by atoms with Crippen LogP contribution in [0.5, 0.6) is 0 Å². The molecule has 2 N–H and O–H groups in total. The maximum Gasteiger partial charge on any atom is 0.337 e. The van der Waals surface area contributed by atoms with Gasteiger partial charge in [0.15, 0.2) is 0 Å². The normalized spacial score (nSPS) is 10.5. The van der Waals surface area contributed by atoms with E-state index < -0.39 is 11.8 Å². The lowest BCUT2D eigenvalue weighted by molar-refractivity contribution is -0.116. The largest absolute Gasteiger partial charge is 0.478 e. The van der Waals surface area contributed by atoms with Crippen molar-refractivity contribution in [3.05, 3.63) is 82.9 Å². The van der Waals surface area contributed by atoms with Gasteiger partial charge < -0.3 is 10.4 Å². The number of aromatic nitrogens is 1. The van der Waals surface area contributed by atoms with Gasteiger partial charge >= 0.3 is 5.97 Å². The van der Waals surface area contributed by atoms with Crippen LogP contribution in [0.2, 0.25) is 5.02 Å². The van der Waals surface area contributed by atoms with E-state index in [-0.39, 0.29) is 23.6 Å². The Morgan fingerprint density at radius 1 is 1.07 bits per heavy atom. The minimum absolute atomic E-state index is 0.0293. The molecule has 3 rings (SSSR count). The van der Waals surface area contributed by atoms with Crippen LogP contribution >= 0.6 is 11.6 Å². The molecular weight excluding hydrogens is 383 g/mol. The molecule has 0 atom stereocenters. The van der Waals surface area contributed by atoms with Crippen LogP contribution in [0.4, 0.5) is 10.1 Å². The summed E-state index contributed by atoms with van der Waals surface area (Å²) in [5, 5.41) is 12.1. The Labute approximate surface area is 165 Å². The van der Waals surface area contributed by atoms with E-state index in [1.807, 2.05) is 24.3 Å². The number of carbonyl (C=O) groups excluding carboxylic acids is 1. The Morgan fingerprint density at radius 2 is 1.89 bits per heavy atom. The van der Waals surface area contributed by atoms with Crippen molar-refractivity contribution in [3.8, 4) is 11.1 Å². The Kier molecular flexibility index (Phi) is 6.01. The number of pyridine rings is 1. The summed E-state index contributed by atoms with van der Waals surface area (Å²) in [5.41, 5.74) is 2.47. The molecule has 1 amide bonds. The number of carbonyl (C=O) groups is 2. The van der Waals surface area contributed by atoms with Crippen molar-refractivity contribution in [2.45, 2.75) is 12.8 Å². The third-order valence-corrected chi connectivity index (χ3v) is 4.33. The number of benzene rings is 2. The highest BCUT2D eigenvalue weighted by molar-refractivity contribution is 6.31. The second-order valence-electron chi connectivity index (χ2n) is 6.14. The van der Waals surface area contributed by atoms with Gasteiger partial charge in [-0.1, -0.05) is 35.9 Å². The fourth-order valence-electron chi connectivity index (χ4n) is 2.75. The number of hydrogen-bond acceptors (Lipinski definition) is 3. The number of rotatable bonds is 6. The van der Waals surface area contributed by atoms with Gasteiger partial charge in [-0.3, -0.25) is 9.78 Å². The molecule has 0 bridgehead atoms. The molecular formula is C21H16ClFN2O3. The lowest BCUT2D eigenvalue weighted by atomic mass is 10.0. The van der Waals surface area contributed by atoms with Gasteiger partial charge in [-0.05, 0) is 41.8 Å². The first-order chi connectivity index (χ1) is 13.4. The van der Waals surface area contributed by atoms with Crippen LogP contribution in [0.1, 0.15) is 22.3 Å². The molecule has 1 heterocycles. The highest BCUT2D eigenvalue weighted by atomic mass is 35.5. The molecule has 0 aliphatic heterocycles. The first kappa shape index (κ1) is 19.5. The Hall–Kier alpha value is -3.25. The molecule has 0 saturated carbocycles. The zero-order chi connectivity index (χ0) is 20.1. The molecule has 7 heteroatoms. The maximum absolute atomic E-state index is 13.4. The van der Waals surface area contributed by atoms with E-state index in [2.05, 4.69) is 10.3 Å². The predicted molar refractivity (Wildman–Crippen MR) is 105 cm³/mol. The highest BCUT2D eigenvalue weighted by Gasteiger charge is 2.13. The summed E-state index contributed by atoms with van der Waals surface area (Å²) in [7, 11) is 0. The van der Waals surface area contributed by atoms with E-state index in [0.717, 1.165) is 17.3 Å². The number of aromatic carboxylic acids is 1. The molecule has 1 aromatic heterocycles. The number of aryl methyl sites for hydroxylation is 1. The molecule has 0 unspecified atom stereocenters. The smallest absolute Gasteiger partial charge is 0.337 e. The van der Waals surface area contributed by atoms with E-state index in [0.29, 0.717) is 17.0 Å². The number of halogens is 2. The van der Waals surface area contributed by atoms with Crippen LogP contribution in [0.3, 0.4) is 0 Å². The Morgan fingerprint density at radius 3 is 2.64 bits per heavy atom. The zero-order valence-electron chi connectivity index (χ0n) is 14.7. The molecule has 0 spiro atoms. The maximum atomic E-state index is 13.4. The summed E-state index contributed by atoms with van der Waals surface area (Å²) >= 11 is 5.89. The van der Waals surface area contributed by atoms with Crippen molar-refractivity contribution >= 4 is 29.2 Å². The number of carboxylic acids is 1. The van der Waals surface area contributed by atoms with Crippen molar-refractivity contribution in [2.24, 2.45) is 0 Å². The van der Waals surface area contributed by atoms with Crippen molar-refractivity contribution in [3.63, 3.8) is 0 Å². The lowest BCUT2D eigenvalue weighted by Crippen LogP contribution is -2.15. The third-order valence-electron chi connectivity index (χ3n) is 4.09. The van der Waals surface area contributed by atoms with Gasteiger partial charge in [0.25, 0.3) is 0 Å². The molecule has 0 saturated heterocycles. The van der Waals surface area contributed by atoms with Crippen molar-refractivity contribution in [2.75, 3.05) is 5.32 Å². The van der Waals surface area contributed by atoms with Gasteiger partial charge in [0.2, 0.25) is 5.91 Å². The summed E-state index contributed by atoms with van der Waals surface area (Å²) in [4.78, 5) is 27.4. The van der Waals surface area contributed by atoms with Gasteiger partial charge in [-0.15, -0.1) is 0 Å². The second kappa shape index (κ2) is 8.63. The molecule has 0 aliphatic carbocycles. The molecule has 5 nitrogen and oxygen atoms in total. The molecule has 0 aliphatic rings. The SMILES string of the molecule is O=C(CCc1cccc(-c2cncc(F)c2)c1)Nc1cc(Cl)ccc1C(=O)O. The van der Waals surface area contributed by atoms with Gasteiger partial charge in [0.05, 0.1) is 17.4 Å². The number of hydrogen-bond donors (Lipinski definition) is 2. The topological polar surface area (TPSA) is 79.3 Å². The zero-order valence-corrected chi connectivity index (χ0v) is 15.4. The first-order valence-electron chi connectivity index (χ1n) is 8.45. The standard InChI is InChI=1S/C21H16ClFN2O3/c22-16-5-6-18(21(27)28)19(10-16)25-20(26)7-4-13-2-1-3-14(8-13)15-9-17(23)12-24-11-15/h1-3,5-6,8-12H,4,7H2,(H,25,26)(H,27,28). The van der Waals surface area contributed by atoms with E-state index in [4.69, 9.17) is 11.6 Å². The third kappa shape index (κ3) is 4.92. The Balaban J connectivity index is 1.68. The number of nitrogens with zero attached hydrogens (tertiary/aromatic N) is 1. The predicted octanol–water partition coefficient (Wildman–Crippen LogP) is 4.81. The van der Waals surface area contributed by atoms with Gasteiger partial charge in [0, 0.05) is 23.2 Å². The lowest BCUT2D eigenvalue weighted by Gasteiger charge is -2.10. The molecule has 0 fully saturated rings. The van der Waals surface area contributed by atoms with E-state index in [1.54, 1.807) is 6.20 Å². The van der Waals surface area contributed by atoms with Crippen LogP contribution < -0.4 is 5.32 Å².